The summed E-state index contributed by atoms with van der Waals surface area (Å²) in [6, 6.07) is 13.3. The van der Waals surface area contributed by atoms with E-state index in [4.69, 9.17) is 4.74 Å². The molecule has 3 aromatic rings. The zero-order valence-corrected chi connectivity index (χ0v) is 18.3. The van der Waals surface area contributed by atoms with Crippen LogP contribution in [0.15, 0.2) is 36.4 Å². The van der Waals surface area contributed by atoms with Crippen molar-refractivity contribution in [3.63, 3.8) is 0 Å². The van der Waals surface area contributed by atoms with Crippen molar-refractivity contribution in [3.05, 3.63) is 58.8 Å². The number of rotatable bonds is 3. The number of hydrogen-bond donors (Lipinski definition) is 2. The quantitative estimate of drug-likeness (QED) is 0.603. The van der Waals surface area contributed by atoms with Crippen LogP contribution in [0.5, 0.6) is 11.5 Å². The highest BCUT2D eigenvalue weighted by Crippen LogP contribution is 2.70. The Kier molecular flexibility index (Phi) is 3.55. The van der Waals surface area contributed by atoms with Gasteiger partial charge in [0, 0.05) is 27.9 Å². The number of ether oxygens (including phenoxy) is 1. The van der Waals surface area contributed by atoms with E-state index in [1.165, 1.54) is 52.5 Å². The van der Waals surface area contributed by atoms with Crippen LogP contribution in [0.25, 0.3) is 10.9 Å². The largest absolute Gasteiger partial charge is 0.504 e. The van der Waals surface area contributed by atoms with Gasteiger partial charge in [0.25, 0.3) is 0 Å². The molecule has 0 saturated carbocycles. The lowest BCUT2D eigenvalue weighted by Crippen LogP contribution is -2.63. The van der Waals surface area contributed by atoms with E-state index in [1.54, 1.807) is 0 Å². The van der Waals surface area contributed by atoms with Gasteiger partial charge in [0.15, 0.2) is 11.5 Å². The van der Waals surface area contributed by atoms with Crippen molar-refractivity contribution in [1.29, 1.82) is 0 Å². The molecule has 1 fully saturated rings. The summed E-state index contributed by atoms with van der Waals surface area (Å²) in [6.45, 7) is 3.39. The number of aromatic amines is 1. The molecule has 2 bridgehead atoms. The molecule has 5 atom stereocenters. The summed E-state index contributed by atoms with van der Waals surface area (Å²) in [4.78, 5) is 6.41. The average molecular weight is 415 g/mol. The van der Waals surface area contributed by atoms with Gasteiger partial charge in [-0.1, -0.05) is 44.0 Å². The highest BCUT2D eigenvalue weighted by atomic mass is 16.5. The molecule has 1 saturated heterocycles. The number of unbranched alkanes of at least 4 members (excludes halogenated alkanes) is 1. The summed E-state index contributed by atoms with van der Waals surface area (Å²) in [5, 5.41) is 12.2. The highest BCUT2D eigenvalue weighted by molar-refractivity contribution is 5.86. The number of likely N-dealkylation sites (N-methyl/N-ethyl adjacent to an activating group) is 1. The van der Waals surface area contributed by atoms with Gasteiger partial charge in [-0.25, -0.2) is 0 Å². The van der Waals surface area contributed by atoms with Gasteiger partial charge in [-0.15, -0.1) is 0 Å². The molecule has 0 amide bonds. The first-order chi connectivity index (χ1) is 15.1. The minimum atomic E-state index is -0.0366. The van der Waals surface area contributed by atoms with Crippen molar-refractivity contribution in [1.82, 2.24) is 9.88 Å². The second-order valence-corrected chi connectivity index (χ2v) is 10.3. The van der Waals surface area contributed by atoms with Crippen LogP contribution in [-0.2, 0) is 11.8 Å². The Hall–Kier alpha value is -2.46. The molecule has 3 heterocycles. The summed E-state index contributed by atoms with van der Waals surface area (Å²) >= 11 is 0. The molecular formula is C27H30N2O2. The molecule has 160 valence electrons. The van der Waals surface area contributed by atoms with Crippen molar-refractivity contribution < 1.29 is 9.84 Å². The van der Waals surface area contributed by atoms with Crippen LogP contribution < -0.4 is 4.74 Å². The third kappa shape index (κ3) is 2.05. The van der Waals surface area contributed by atoms with Gasteiger partial charge < -0.3 is 19.7 Å². The van der Waals surface area contributed by atoms with Gasteiger partial charge in [-0.3, -0.25) is 0 Å². The van der Waals surface area contributed by atoms with Gasteiger partial charge in [-0.2, -0.15) is 0 Å². The SMILES string of the molecule is CCCC[C@H]1c2c([nH]c3ccccc23)[C@@H]2Oc3c(O)ccc4c3C23CCN(C)C(C4)C13. The number of aromatic hydroxyl groups is 1. The van der Waals surface area contributed by atoms with Crippen LogP contribution in [0.2, 0.25) is 0 Å². The zero-order chi connectivity index (χ0) is 20.9. The summed E-state index contributed by atoms with van der Waals surface area (Å²) < 4.78 is 6.75. The third-order valence-electron chi connectivity index (χ3n) is 8.99. The zero-order valence-electron chi connectivity index (χ0n) is 18.3. The lowest BCUT2D eigenvalue weighted by molar-refractivity contribution is -0.0413. The molecule has 4 heteroatoms. The molecule has 1 aromatic heterocycles. The Balaban J connectivity index is 1.57. The van der Waals surface area contributed by atoms with Crippen LogP contribution in [0, 0.1) is 5.92 Å². The van der Waals surface area contributed by atoms with Crippen LogP contribution in [0.1, 0.15) is 67.0 Å². The Morgan fingerprint density at radius 2 is 2.10 bits per heavy atom. The fourth-order valence-corrected chi connectivity index (χ4v) is 7.85. The minimum Gasteiger partial charge on any atom is -0.504 e. The van der Waals surface area contributed by atoms with Crippen molar-refractivity contribution in [2.24, 2.45) is 5.92 Å². The second-order valence-electron chi connectivity index (χ2n) is 10.3. The summed E-state index contributed by atoms with van der Waals surface area (Å²) in [5.41, 5.74) is 6.66. The number of nitrogens with zero attached hydrogens (tertiary/aromatic N) is 1. The van der Waals surface area contributed by atoms with Gasteiger partial charge in [-0.05, 0) is 68.0 Å². The first-order valence-electron chi connectivity index (χ1n) is 12.0. The predicted octanol–water partition coefficient (Wildman–Crippen LogP) is 5.41. The second kappa shape index (κ2) is 6.07. The molecule has 1 spiro atoms. The Morgan fingerprint density at radius 1 is 1.23 bits per heavy atom. The average Bonchev–Trinajstić information content (AvgIpc) is 3.33. The lowest BCUT2D eigenvalue weighted by Gasteiger charge is -2.60. The minimum absolute atomic E-state index is 0.0312. The lowest BCUT2D eigenvalue weighted by atomic mass is 9.48. The van der Waals surface area contributed by atoms with Gasteiger partial charge in [0.05, 0.1) is 5.69 Å². The smallest absolute Gasteiger partial charge is 0.166 e. The number of benzene rings is 2. The van der Waals surface area contributed by atoms with Gasteiger partial charge >= 0.3 is 0 Å². The van der Waals surface area contributed by atoms with Crippen molar-refractivity contribution in [2.45, 2.75) is 62.5 Å². The van der Waals surface area contributed by atoms with E-state index in [1.807, 2.05) is 6.07 Å². The molecule has 2 aliphatic carbocycles. The topological polar surface area (TPSA) is 48.5 Å². The molecule has 2 N–H and O–H groups in total. The van der Waals surface area contributed by atoms with E-state index in [9.17, 15) is 5.11 Å². The number of H-pyrrole nitrogens is 1. The number of aromatic nitrogens is 1. The fraction of sp³-hybridized carbons (Fsp3) is 0.481. The van der Waals surface area contributed by atoms with E-state index in [0.717, 1.165) is 25.1 Å². The standard InChI is InChI=1S/C27H30N2O2/c1-3-4-7-17-21-16-8-5-6-9-18(16)28-24(21)26-27-12-13-29(2)19(23(17)27)14-15-10-11-20(30)25(31-26)22(15)27/h5-6,8-11,17,19,23,26,28,30H,3-4,7,12-14H2,1-2H3/t17-,19?,23?,26-,27?/m0/s1. The number of likely N-dealkylation sites (tertiary alicyclic amines) is 1. The third-order valence-corrected chi connectivity index (χ3v) is 8.99. The molecule has 2 aromatic carbocycles. The maximum Gasteiger partial charge on any atom is 0.166 e. The molecule has 4 nitrogen and oxygen atoms in total. The van der Waals surface area contributed by atoms with Crippen molar-refractivity contribution >= 4 is 10.9 Å². The number of para-hydroxylation sites is 1. The first kappa shape index (κ1) is 18.1. The first-order valence-corrected chi connectivity index (χ1v) is 12.0. The van der Waals surface area contributed by atoms with E-state index < -0.39 is 0 Å². The number of nitrogens with one attached hydrogen (secondary N) is 1. The van der Waals surface area contributed by atoms with E-state index >= 15 is 0 Å². The molecule has 3 unspecified atom stereocenters. The molecule has 31 heavy (non-hydrogen) atoms. The molecule has 0 radical (unpaired) electrons. The number of piperidine rings is 1. The van der Waals surface area contributed by atoms with E-state index in [-0.39, 0.29) is 11.5 Å². The van der Waals surface area contributed by atoms with Crippen molar-refractivity contribution in [3.8, 4) is 11.5 Å². The molecule has 2 aliphatic heterocycles. The number of fused-ring (bicyclic) bond motifs is 4. The van der Waals surface area contributed by atoms with Crippen LogP contribution >= 0.6 is 0 Å². The number of hydrogen-bond acceptors (Lipinski definition) is 3. The summed E-state index contributed by atoms with van der Waals surface area (Å²) in [5.74, 6) is 2.10. The van der Waals surface area contributed by atoms with Crippen LogP contribution in [0.3, 0.4) is 0 Å². The summed E-state index contributed by atoms with van der Waals surface area (Å²) in [7, 11) is 2.32. The molecule has 7 rings (SSSR count). The highest BCUT2D eigenvalue weighted by Gasteiger charge is 2.67. The molecular weight excluding hydrogens is 384 g/mol. The number of phenolic OH excluding ortho intramolecular Hbond substituents is 1. The van der Waals surface area contributed by atoms with Crippen LogP contribution in [-0.4, -0.2) is 34.6 Å². The fourth-order valence-electron chi connectivity index (χ4n) is 7.85. The number of phenols is 1. The normalized spacial score (nSPS) is 32.6. The van der Waals surface area contributed by atoms with Gasteiger partial charge in [0.1, 0.15) is 6.10 Å². The summed E-state index contributed by atoms with van der Waals surface area (Å²) in [6.07, 6.45) is 5.81. The maximum atomic E-state index is 10.8. The molecule has 4 aliphatic rings. The Labute approximate surface area is 183 Å². The van der Waals surface area contributed by atoms with E-state index in [2.05, 4.69) is 54.2 Å². The maximum absolute atomic E-state index is 10.8. The Bertz CT molecular complexity index is 1210. The van der Waals surface area contributed by atoms with E-state index in [0.29, 0.717) is 23.6 Å². The van der Waals surface area contributed by atoms with Crippen molar-refractivity contribution in [2.75, 3.05) is 13.6 Å². The monoisotopic (exact) mass is 414 g/mol. The predicted molar refractivity (Wildman–Crippen MR) is 122 cm³/mol. The Morgan fingerprint density at radius 3 is 2.97 bits per heavy atom. The van der Waals surface area contributed by atoms with Gasteiger partial charge in [0.2, 0.25) is 0 Å². The van der Waals surface area contributed by atoms with Crippen LogP contribution in [0.4, 0.5) is 0 Å².